The van der Waals surface area contributed by atoms with E-state index in [1.807, 2.05) is 19.1 Å². The number of aryl methyl sites for hydroxylation is 1. The van der Waals surface area contributed by atoms with Gasteiger partial charge < -0.3 is 40.9 Å². The number of benzene rings is 2. The molecule has 35 heavy (non-hydrogen) atoms. The number of anilines is 1. The number of rotatable bonds is 8. The number of carbonyl (C=O) groups is 1. The molecule has 2 aliphatic rings. The molecule has 0 aromatic heterocycles. The molecule has 0 radical (unpaired) electrons. The fourth-order valence-electron chi connectivity index (χ4n) is 4.44. The van der Waals surface area contributed by atoms with Crippen molar-refractivity contribution >= 4 is 23.5 Å². The van der Waals surface area contributed by atoms with Crippen molar-refractivity contribution in [3.05, 3.63) is 53.1 Å². The molecular weight excluding hydrogens is 472 g/mol. The highest BCUT2D eigenvalue weighted by atomic mass is 32.2. The second-order valence-corrected chi connectivity index (χ2v) is 10.9. The zero-order chi connectivity index (χ0) is 25.2. The number of thioether (sulfide) groups is 1. The highest BCUT2D eigenvalue weighted by Gasteiger charge is 2.60. The van der Waals surface area contributed by atoms with Gasteiger partial charge in [-0.3, -0.25) is 0 Å². The van der Waals surface area contributed by atoms with Crippen molar-refractivity contribution in [2.24, 2.45) is 0 Å². The molecule has 2 fully saturated rings. The van der Waals surface area contributed by atoms with Gasteiger partial charge >= 0.3 is 6.03 Å². The Hall–Kier alpha value is -2.50. The minimum absolute atomic E-state index is 0.0701. The van der Waals surface area contributed by atoms with Crippen LogP contribution in [-0.4, -0.2) is 79.6 Å². The lowest BCUT2D eigenvalue weighted by Crippen LogP contribution is -2.47. The Kier molecular flexibility index (Phi) is 7.77. The summed E-state index contributed by atoms with van der Waals surface area (Å²) in [5.74, 6) is 0.562. The number of aliphatic hydroxyl groups excluding tert-OH is 4. The Bertz CT molecular complexity index is 1050. The van der Waals surface area contributed by atoms with E-state index >= 15 is 0 Å². The predicted molar refractivity (Wildman–Crippen MR) is 133 cm³/mol. The number of amides is 2. The van der Waals surface area contributed by atoms with Crippen molar-refractivity contribution in [1.29, 1.82) is 0 Å². The lowest BCUT2D eigenvalue weighted by atomic mass is 9.98. The second-order valence-electron chi connectivity index (χ2n) is 9.23. The maximum absolute atomic E-state index is 11.8. The summed E-state index contributed by atoms with van der Waals surface area (Å²) < 4.78 is 5.67. The largest absolute Gasteiger partial charge is 0.508 e. The molecule has 9 nitrogen and oxygen atoms in total. The van der Waals surface area contributed by atoms with Gasteiger partial charge in [0, 0.05) is 35.0 Å². The van der Waals surface area contributed by atoms with Crippen molar-refractivity contribution < 1.29 is 35.1 Å². The highest BCUT2D eigenvalue weighted by Crippen LogP contribution is 2.57. The lowest BCUT2D eigenvalue weighted by molar-refractivity contribution is -0.00212. The number of urea groups is 1. The highest BCUT2D eigenvalue weighted by molar-refractivity contribution is 8.01. The molecule has 2 aromatic rings. The van der Waals surface area contributed by atoms with Gasteiger partial charge in [-0.05, 0) is 49.1 Å². The first-order chi connectivity index (χ1) is 16.7. The van der Waals surface area contributed by atoms with Crippen LogP contribution in [-0.2, 0) is 6.42 Å². The molecule has 10 heteroatoms. The van der Waals surface area contributed by atoms with Crippen molar-refractivity contribution in [3.8, 4) is 11.5 Å². The summed E-state index contributed by atoms with van der Waals surface area (Å²) in [5.41, 5.74) is 3.30. The van der Waals surface area contributed by atoms with E-state index in [0.29, 0.717) is 30.7 Å². The topological polar surface area (TPSA) is 152 Å². The SMILES string of the molecule is Cc1cc(O)cc(OC[C@@H]2SC3(C[C@H]3O)C[C@H](O)[C@H]2O)c1Cc1ccc(NC(=O)NCCO)cc1. The number of aliphatic hydroxyl groups is 4. The quantitative estimate of drug-likeness (QED) is 0.286. The Morgan fingerprint density at radius 3 is 2.54 bits per heavy atom. The summed E-state index contributed by atoms with van der Waals surface area (Å²) >= 11 is 1.47. The maximum Gasteiger partial charge on any atom is 0.319 e. The molecule has 7 N–H and O–H groups in total. The number of ether oxygens (including phenoxy) is 1. The standard InChI is InChI=1S/C25H32N2O7S/c1-14-8-17(29)10-20(34-13-21-23(32)19(30)11-25(35-21)12-22(25)31)18(14)9-15-2-4-16(5-3-15)27-24(33)26-6-7-28/h2-5,8,10,19,21-23,28-32H,6-7,9,11-13H2,1H3,(H2,26,27,33)/t19-,21-,22+,23+,25?/m0/s1. The fraction of sp³-hybridized carbons (Fsp3) is 0.480. The first kappa shape index (κ1) is 25.6. The van der Waals surface area contributed by atoms with Crippen molar-refractivity contribution in [3.63, 3.8) is 0 Å². The van der Waals surface area contributed by atoms with Gasteiger partial charge in [-0.1, -0.05) is 12.1 Å². The number of hydrogen-bond acceptors (Lipinski definition) is 8. The van der Waals surface area contributed by atoms with Crippen molar-refractivity contribution in [1.82, 2.24) is 5.32 Å². The van der Waals surface area contributed by atoms with Crippen LogP contribution in [0.15, 0.2) is 36.4 Å². The van der Waals surface area contributed by atoms with E-state index in [1.54, 1.807) is 24.3 Å². The average molecular weight is 505 g/mol. The third-order valence-electron chi connectivity index (χ3n) is 6.51. The summed E-state index contributed by atoms with van der Waals surface area (Å²) in [5, 5.41) is 54.5. The molecule has 0 bridgehead atoms. The van der Waals surface area contributed by atoms with Gasteiger partial charge in [0.15, 0.2) is 0 Å². The molecule has 1 spiro atoms. The smallest absolute Gasteiger partial charge is 0.319 e. The van der Waals surface area contributed by atoms with Gasteiger partial charge in [0.05, 0.1) is 30.2 Å². The van der Waals surface area contributed by atoms with E-state index in [0.717, 1.165) is 16.7 Å². The van der Waals surface area contributed by atoms with E-state index in [4.69, 9.17) is 9.84 Å². The molecule has 190 valence electrons. The third-order valence-corrected chi connectivity index (χ3v) is 8.30. The van der Waals surface area contributed by atoms with E-state index < -0.39 is 34.3 Å². The Morgan fingerprint density at radius 1 is 1.17 bits per heavy atom. The van der Waals surface area contributed by atoms with E-state index in [-0.39, 0.29) is 25.5 Å². The Balaban J connectivity index is 1.44. The minimum atomic E-state index is -0.963. The summed E-state index contributed by atoms with van der Waals surface area (Å²) in [6.07, 6.45) is -0.873. The molecule has 1 saturated heterocycles. The van der Waals surface area contributed by atoms with Crippen LogP contribution in [0.25, 0.3) is 0 Å². The van der Waals surface area contributed by atoms with Crippen LogP contribution in [0.5, 0.6) is 11.5 Å². The summed E-state index contributed by atoms with van der Waals surface area (Å²) in [4.78, 5) is 11.8. The third kappa shape index (κ3) is 6.02. The van der Waals surface area contributed by atoms with Crippen LogP contribution in [0, 0.1) is 6.92 Å². The Labute approximate surface area is 208 Å². The van der Waals surface area contributed by atoms with Gasteiger partial charge in [0.25, 0.3) is 0 Å². The Morgan fingerprint density at radius 2 is 1.89 bits per heavy atom. The normalized spacial score (nSPS) is 27.5. The zero-order valence-electron chi connectivity index (χ0n) is 19.5. The molecule has 1 aliphatic carbocycles. The molecule has 2 amide bonds. The van der Waals surface area contributed by atoms with Gasteiger partial charge in [0.1, 0.15) is 18.1 Å². The molecule has 2 aromatic carbocycles. The van der Waals surface area contributed by atoms with Crippen LogP contribution < -0.4 is 15.4 Å². The summed E-state index contributed by atoms with van der Waals surface area (Å²) in [6.45, 7) is 2.04. The first-order valence-corrected chi connectivity index (χ1v) is 12.5. The van der Waals surface area contributed by atoms with Crippen LogP contribution in [0.1, 0.15) is 29.5 Å². The minimum Gasteiger partial charge on any atom is -0.508 e. The number of nitrogens with one attached hydrogen (secondary N) is 2. The van der Waals surface area contributed by atoms with Gasteiger partial charge in [0.2, 0.25) is 0 Å². The van der Waals surface area contributed by atoms with Gasteiger partial charge in [-0.2, -0.15) is 0 Å². The molecule has 1 aliphatic heterocycles. The number of phenolic OH excluding ortho intramolecular Hbond substituents is 1. The number of hydrogen-bond donors (Lipinski definition) is 7. The summed E-state index contributed by atoms with van der Waals surface area (Å²) in [6, 6.07) is 10.1. The number of aromatic hydroxyl groups is 1. The van der Waals surface area contributed by atoms with Crippen LogP contribution in [0.2, 0.25) is 0 Å². The fourth-order valence-corrected chi connectivity index (χ4v) is 6.18. The molecule has 5 atom stereocenters. The van der Waals surface area contributed by atoms with Crippen LogP contribution >= 0.6 is 11.8 Å². The molecular formula is C25H32N2O7S. The molecule has 4 rings (SSSR count). The lowest BCUT2D eigenvalue weighted by Gasteiger charge is -2.36. The van der Waals surface area contributed by atoms with E-state index in [1.165, 1.54) is 11.8 Å². The average Bonchev–Trinajstić information content (AvgIpc) is 3.44. The molecule has 1 heterocycles. The first-order valence-electron chi connectivity index (χ1n) is 11.6. The second kappa shape index (κ2) is 10.6. The molecule has 1 unspecified atom stereocenters. The van der Waals surface area contributed by atoms with Gasteiger partial charge in [-0.15, -0.1) is 11.8 Å². The predicted octanol–water partition coefficient (Wildman–Crippen LogP) is 1.51. The number of phenols is 1. The monoisotopic (exact) mass is 504 g/mol. The van der Waals surface area contributed by atoms with Crippen molar-refractivity contribution in [2.45, 2.75) is 54.5 Å². The van der Waals surface area contributed by atoms with Gasteiger partial charge in [-0.25, -0.2) is 4.79 Å². The van der Waals surface area contributed by atoms with E-state index in [2.05, 4.69) is 10.6 Å². The van der Waals surface area contributed by atoms with Crippen LogP contribution in [0.3, 0.4) is 0 Å². The molecule has 1 saturated carbocycles. The summed E-state index contributed by atoms with van der Waals surface area (Å²) in [7, 11) is 0. The number of carbonyl (C=O) groups excluding carboxylic acids is 1. The maximum atomic E-state index is 11.8. The van der Waals surface area contributed by atoms with Crippen LogP contribution in [0.4, 0.5) is 10.5 Å². The zero-order valence-corrected chi connectivity index (χ0v) is 20.3. The van der Waals surface area contributed by atoms with E-state index in [9.17, 15) is 25.2 Å². The van der Waals surface area contributed by atoms with Crippen molar-refractivity contribution in [2.75, 3.05) is 25.1 Å².